The maximum atomic E-state index is 12.2. The molecule has 0 aliphatic heterocycles. The number of ketones is 1. The molecule has 0 radical (unpaired) electrons. The number of carbonyl (C=O) groups is 1. The maximum absolute atomic E-state index is 12.2. The zero-order chi connectivity index (χ0) is 16.8. The molecular weight excluding hydrogens is 324 g/mol. The van der Waals surface area contributed by atoms with E-state index in [0.717, 1.165) is 5.75 Å². The zero-order valence-corrected chi connectivity index (χ0v) is 14.0. The van der Waals surface area contributed by atoms with Gasteiger partial charge in [-0.2, -0.15) is 0 Å². The minimum Gasteiger partial charge on any atom is -0.457 e. The highest BCUT2D eigenvalue weighted by atomic mass is 32.2. The third-order valence-electron chi connectivity index (χ3n) is 3.23. The van der Waals surface area contributed by atoms with Gasteiger partial charge in [-0.25, -0.2) is 0 Å². The Morgan fingerprint density at radius 2 is 1.75 bits per heavy atom. The number of para-hydroxylation sites is 1. The van der Waals surface area contributed by atoms with Crippen molar-refractivity contribution in [3.8, 4) is 11.5 Å². The van der Waals surface area contributed by atoms with E-state index in [9.17, 15) is 4.79 Å². The minimum atomic E-state index is 0.00232. The van der Waals surface area contributed by atoms with Crippen LogP contribution < -0.4 is 4.74 Å². The van der Waals surface area contributed by atoms with E-state index in [1.807, 2.05) is 37.3 Å². The summed E-state index contributed by atoms with van der Waals surface area (Å²) in [4.78, 5) is 12.2. The van der Waals surface area contributed by atoms with Crippen LogP contribution in [-0.4, -0.2) is 21.7 Å². The first kappa shape index (κ1) is 16.3. The van der Waals surface area contributed by atoms with Gasteiger partial charge >= 0.3 is 0 Å². The molecule has 0 amide bonds. The second-order valence-corrected chi connectivity index (χ2v) is 5.89. The molecule has 0 fully saturated rings. The lowest BCUT2D eigenvalue weighted by molar-refractivity contribution is 0.102. The number of hydrogen-bond acceptors (Lipinski definition) is 6. The molecule has 0 unspecified atom stereocenters. The molecule has 0 saturated heterocycles. The number of nitrogens with zero attached hydrogens (tertiary/aromatic N) is 2. The zero-order valence-electron chi connectivity index (χ0n) is 13.1. The standard InChI is InChI=1S/C18H16N2O3S/c1-2-17-19-20-18(23-17)24-12-16(21)13-8-10-15(11-9-13)22-14-6-4-3-5-7-14/h3-11H,2,12H2,1H3. The van der Waals surface area contributed by atoms with Crippen LogP contribution in [0.25, 0.3) is 0 Å². The lowest BCUT2D eigenvalue weighted by Crippen LogP contribution is -2.02. The normalized spacial score (nSPS) is 10.5. The van der Waals surface area contributed by atoms with Crippen LogP contribution in [-0.2, 0) is 6.42 Å². The van der Waals surface area contributed by atoms with Gasteiger partial charge < -0.3 is 9.15 Å². The lowest BCUT2D eigenvalue weighted by Gasteiger charge is -2.06. The van der Waals surface area contributed by atoms with Gasteiger partial charge in [-0.3, -0.25) is 4.79 Å². The monoisotopic (exact) mass is 340 g/mol. The first-order valence-electron chi connectivity index (χ1n) is 7.56. The number of thioether (sulfide) groups is 1. The number of Topliss-reactive ketones (excluding diaryl/α,β-unsaturated/α-hetero) is 1. The van der Waals surface area contributed by atoms with Gasteiger partial charge in [0.2, 0.25) is 5.89 Å². The average molecular weight is 340 g/mol. The summed E-state index contributed by atoms with van der Waals surface area (Å²) in [6.07, 6.45) is 0.685. The van der Waals surface area contributed by atoms with E-state index in [1.165, 1.54) is 11.8 Å². The quantitative estimate of drug-likeness (QED) is 0.469. The van der Waals surface area contributed by atoms with Crippen LogP contribution >= 0.6 is 11.8 Å². The molecule has 24 heavy (non-hydrogen) atoms. The molecule has 3 aromatic rings. The fourth-order valence-corrected chi connectivity index (χ4v) is 2.66. The number of aromatic nitrogens is 2. The molecule has 2 aromatic carbocycles. The van der Waals surface area contributed by atoms with E-state index in [0.29, 0.717) is 28.8 Å². The van der Waals surface area contributed by atoms with E-state index in [4.69, 9.17) is 9.15 Å². The van der Waals surface area contributed by atoms with Crippen molar-refractivity contribution in [1.82, 2.24) is 10.2 Å². The van der Waals surface area contributed by atoms with Crippen molar-refractivity contribution in [3.05, 3.63) is 66.1 Å². The van der Waals surface area contributed by atoms with E-state index >= 15 is 0 Å². The molecule has 0 atom stereocenters. The molecule has 0 N–H and O–H groups in total. The Hall–Kier alpha value is -2.60. The van der Waals surface area contributed by atoms with E-state index in [1.54, 1.807) is 24.3 Å². The summed E-state index contributed by atoms with van der Waals surface area (Å²) in [6, 6.07) is 16.6. The second-order valence-electron chi connectivity index (χ2n) is 4.97. The smallest absolute Gasteiger partial charge is 0.277 e. The van der Waals surface area contributed by atoms with E-state index in [2.05, 4.69) is 10.2 Å². The number of aryl methyl sites for hydroxylation is 1. The molecule has 6 heteroatoms. The number of benzene rings is 2. The van der Waals surface area contributed by atoms with Crippen LogP contribution in [0.15, 0.2) is 64.2 Å². The predicted octanol–water partition coefficient (Wildman–Crippen LogP) is 4.40. The summed E-state index contributed by atoms with van der Waals surface area (Å²) in [6.45, 7) is 1.94. The summed E-state index contributed by atoms with van der Waals surface area (Å²) in [5.74, 6) is 2.28. The molecule has 5 nitrogen and oxygen atoms in total. The molecule has 0 aliphatic rings. The molecule has 0 saturated carbocycles. The maximum Gasteiger partial charge on any atom is 0.277 e. The predicted molar refractivity (Wildman–Crippen MR) is 91.7 cm³/mol. The Labute approximate surface area is 144 Å². The van der Waals surface area contributed by atoms with Crippen molar-refractivity contribution < 1.29 is 13.9 Å². The summed E-state index contributed by atoms with van der Waals surface area (Å²) in [5.41, 5.74) is 0.623. The highest BCUT2D eigenvalue weighted by Gasteiger charge is 2.11. The largest absolute Gasteiger partial charge is 0.457 e. The van der Waals surface area contributed by atoms with Crippen LogP contribution in [0.3, 0.4) is 0 Å². The Morgan fingerprint density at radius 1 is 1.04 bits per heavy atom. The van der Waals surface area contributed by atoms with Gasteiger partial charge in [-0.05, 0) is 36.4 Å². The van der Waals surface area contributed by atoms with Gasteiger partial charge in [0.05, 0.1) is 5.75 Å². The van der Waals surface area contributed by atoms with E-state index < -0.39 is 0 Å². The third-order valence-corrected chi connectivity index (χ3v) is 4.05. The fraction of sp³-hybridized carbons (Fsp3) is 0.167. The van der Waals surface area contributed by atoms with Crippen LogP contribution in [0, 0.1) is 0 Å². The van der Waals surface area contributed by atoms with Crippen molar-refractivity contribution in [1.29, 1.82) is 0 Å². The summed E-state index contributed by atoms with van der Waals surface area (Å²) in [5, 5.41) is 8.18. The van der Waals surface area contributed by atoms with Gasteiger partial charge in [0.15, 0.2) is 5.78 Å². The third kappa shape index (κ3) is 4.23. The highest BCUT2D eigenvalue weighted by Crippen LogP contribution is 2.22. The molecule has 3 rings (SSSR count). The number of carbonyl (C=O) groups excluding carboxylic acids is 1. The Morgan fingerprint density at radius 3 is 2.42 bits per heavy atom. The fourth-order valence-electron chi connectivity index (χ4n) is 1.98. The SMILES string of the molecule is CCc1nnc(SCC(=O)c2ccc(Oc3ccccc3)cc2)o1. The lowest BCUT2D eigenvalue weighted by atomic mass is 10.1. The average Bonchev–Trinajstić information content (AvgIpc) is 3.09. The van der Waals surface area contributed by atoms with Crippen molar-refractivity contribution in [2.75, 3.05) is 5.75 Å². The Bertz CT molecular complexity index is 801. The number of ether oxygens (including phenoxy) is 1. The summed E-state index contributed by atoms with van der Waals surface area (Å²) >= 11 is 1.25. The minimum absolute atomic E-state index is 0.00232. The molecule has 1 aromatic heterocycles. The molecule has 1 heterocycles. The molecule has 0 spiro atoms. The van der Waals surface area contributed by atoms with Gasteiger partial charge in [0, 0.05) is 12.0 Å². The first-order chi connectivity index (χ1) is 11.7. The second kappa shape index (κ2) is 7.79. The Balaban J connectivity index is 1.57. The molecular formula is C18H16N2O3S. The van der Waals surface area contributed by atoms with Crippen LogP contribution in [0.2, 0.25) is 0 Å². The highest BCUT2D eigenvalue weighted by molar-refractivity contribution is 7.99. The van der Waals surface area contributed by atoms with Crippen molar-refractivity contribution >= 4 is 17.5 Å². The van der Waals surface area contributed by atoms with Gasteiger partial charge in [0.1, 0.15) is 11.5 Å². The van der Waals surface area contributed by atoms with Crippen molar-refractivity contribution in [2.45, 2.75) is 18.6 Å². The van der Waals surface area contributed by atoms with Crippen LogP contribution in [0.5, 0.6) is 11.5 Å². The van der Waals surface area contributed by atoms with Crippen molar-refractivity contribution in [2.24, 2.45) is 0 Å². The number of hydrogen-bond donors (Lipinski definition) is 0. The van der Waals surface area contributed by atoms with Gasteiger partial charge in [-0.15, -0.1) is 10.2 Å². The molecule has 122 valence electrons. The van der Waals surface area contributed by atoms with Gasteiger partial charge in [0.25, 0.3) is 5.22 Å². The van der Waals surface area contributed by atoms with Crippen LogP contribution in [0.1, 0.15) is 23.2 Å². The van der Waals surface area contributed by atoms with Crippen molar-refractivity contribution in [3.63, 3.8) is 0 Å². The molecule has 0 bridgehead atoms. The van der Waals surface area contributed by atoms with Crippen LogP contribution in [0.4, 0.5) is 0 Å². The summed E-state index contributed by atoms with van der Waals surface area (Å²) in [7, 11) is 0. The summed E-state index contributed by atoms with van der Waals surface area (Å²) < 4.78 is 11.1. The first-order valence-corrected chi connectivity index (χ1v) is 8.54. The van der Waals surface area contributed by atoms with Gasteiger partial charge in [-0.1, -0.05) is 36.9 Å². The topological polar surface area (TPSA) is 65.2 Å². The molecule has 0 aliphatic carbocycles. The number of rotatable bonds is 7. The Kier molecular flexibility index (Phi) is 5.28. The van der Waals surface area contributed by atoms with E-state index in [-0.39, 0.29) is 11.5 Å².